The Bertz CT molecular complexity index is 341. The molecule has 0 heterocycles. The zero-order chi connectivity index (χ0) is 12.1. The first-order valence-electron chi connectivity index (χ1n) is 4.93. The molecule has 16 heavy (non-hydrogen) atoms. The van der Waals surface area contributed by atoms with Gasteiger partial charge in [0.2, 0.25) is 0 Å². The Morgan fingerprint density at radius 1 is 1.38 bits per heavy atom. The van der Waals surface area contributed by atoms with E-state index in [1.807, 2.05) is 0 Å². The molecule has 0 amide bonds. The van der Waals surface area contributed by atoms with Crippen LogP contribution in [-0.4, -0.2) is 34.6 Å². The van der Waals surface area contributed by atoms with Gasteiger partial charge in [-0.1, -0.05) is 11.6 Å². The molecule has 3 N–H and O–H groups in total. The predicted octanol–water partition coefficient (Wildman–Crippen LogP) is 1.13. The maximum atomic E-state index is 9.50. The Morgan fingerprint density at radius 3 is 2.62 bits per heavy atom. The van der Waals surface area contributed by atoms with Crippen LogP contribution in [0.25, 0.3) is 0 Å². The fourth-order valence-electron chi connectivity index (χ4n) is 1.22. The molecule has 0 saturated heterocycles. The Balaban J connectivity index is 2.78. The number of aliphatic hydroxyl groups is 3. The summed E-state index contributed by atoms with van der Waals surface area (Å²) in [6, 6.07) is 4.86. The molecule has 0 aliphatic heterocycles. The highest BCUT2D eigenvalue weighted by atomic mass is 35.5. The monoisotopic (exact) mass is 246 g/mol. The minimum absolute atomic E-state index is 0.0299. The number of hydrogen-bond donors (Lipinski definition) is 3. The summed E-state index contributed by atoms with van der Waals surface area (Å²) in [4.78, 5) is 0. The van der Waals surface area contributed by atoms with Crippen LogP contribution >= 0.6 is 11.6 Å². The van der Waals surface area contributed by atoms with Crippen molar-refractivity contribution in [2.45, 2.75) is 19.1 Å². The van der Waals surface area contributed by atoms with E-state index in [9.17, 15) is 5.11 Å². The zero-order valence-electron chi connectivity index (χ0n) is 8.93. The number of halogens is 1. The third-order valence-electron chi connectivity index (χ3n) is 2.06. The second-order valence-corrected chi connectivity index (χ2v) is 3.94. The van der Waals surface area contributed by atoms with E-state index in [0.717, 1.165) is 0 Å². The van der Waals surface area contributed by atoms with Crippen molar-refractivity contribution in [1.29, 1.82) is 0 Å². The van der Waals surface area contributed by atoms with E-state index in [1.165, 1.54) is 0 Å². The van der Waals surface area contributed by atoms with Crippen molar-refractivity contribution in [2.75, 3.05) is 13.2 Å². The molecule has 0 saturated carbocycles. The van der Waals surface area contributed by atoms with Gasteiger partial charge in [-0.3, -0.25) is 0 Å². The maximum absolute atomic E-state index is 9.50. The predicted molar refractivity (Wildman–Crippen MR) is 60.7 cm³/mol. The SMILES string of the molecule is C[C@H](O)c1cc(Cl)ccc1OCC(O)CO. The maximum Gasteiger partial charge on any atom is 0.125 e. The molecular formula is C11H15ClO4. The smallest absolute Gasteiger partial charge is 0.125 e. The summed E-state index contributed by atoms with van der Waals surface area (Å²) in [6.07, 6.45) is -1.64. The quantitative estimate of drug-likeness (QED) is 0.728. The normalized spacial score (nSPS) is 14.6. The molecule has 5 heteroatoms. The van der Waals surface area contributed by atoms with Gasteiger partial charge in [-0.25, -0.2) is 0 Å². The lowest BCUT2D eigenvalue weighted by atomic mass is 10.1. The average molecular weight is 247 g/mol. The highest BCUT2D eigenvalue weighted by Gasteiger charge is 2.11. The molecule has 0 aliphatic rings. The third-order valence-corrected chi connectivity index (χ3v) is 2.30. The van der Waals surface area contributed by atoms with E-state index in [1.54, 1.807) is 25.1 Å². The van der Waals surface area contributed by atoms with Crippen molar-refractivity contribution in [3.63, 3.8) is 0 Å². The van der Waals surface area contributed by atoms with Gasteiger partial charge in [0.25, 0.3) is 0 Å². The summed E-state index contributed by atoms with van der Waals surface area (Å²) in [5.41, 5.74) is 0.553. The van der Waals surface area contributed by atoms with Crippen LogP contribution in [0.4, 0.5) is 0 Å². The van der Waals surface area contributed by atoms with Crippen LogP contribution in [0.3, 0.4) is 0 Å². The summed E-state index contributed by atoms with van der Waals surface area (Å²) in [5.74, 6) is 0.451. The number of aliphatic hydroxyl groups excluding tert-OH is 3. The molecule has 0 fully saturated rings. The van der Waals surface area contributed by atoms with Gasteiger partial charge in [0, 0.05) is 10.6 Å². The topological polar surface area (TPSA) is 69.9 Å². The molecule has 1 rings (SSSR count). The number of rotatable bonds is 5. The molecule has 1 aromatic rings. The van der Waals surface area contributed by atoms with Crippen LogP contribution in [0.15, 0.2) is 18.2 Å². The summed E-state index contributed by atoms with van der Waals surface area (Å²) in [5, 5.41) is 27.8. The van der Waals surface area contributed by atoms with Crippen molar-refractivity contribution >= 4 is 11.6 Å². The van der Waals surface area contributed by atoms with E-state index in [-0.39, 0.29) is 13.2 Å². The summed E-state index contributed by atoms with van der Waals surface area (Å²) in [6.45, 7) is 1.20. The van der Waals surface area contributed by atoms with E-state index < -0.39 is 12.2 Å². The van der Waals surface area contributed by atoms with Crippen LogP contribution in [0.2, 0.25) is 5.02 Å². The Kier molecular flexibility index (Phi) is 5.02. The van der Waals surface area contributed by atoms with Crippen molar-refractivity contribution in [3.8, 4) is 5.75 Å². The number of ether oxygens (including phenoxy) is 1. The minimum atomic E-state index is -0.933. The van der Waals surface area contributed by atoms with Crippen molar-refractivity contribution in [3.05, 3.63) is 28.8 Å². The van der Waals surface area contributed by atoms with E-state index in [0.29, 0.717) is 16.3 Å². The lowest BCUT2D eigenvalue weighted by Gasteiger charge is -2.15. The molecule has 90 valence electrons. The van der Waals surface area contributed by atoms with Crippen LogP contribution in [0, 0.1) is 0 Å². The Hall–Kier alpha value is -0.810. The molecule has 0 bridgehead atoms. The minimum Gasteiger partial charge on any atom is -0.490 e. The summed E-state index contributed by atoms with van der Waals surface area (Å²) < 4.78 is 5.28. The second-order valence-electron chi connectivity index (χ2n) is 3.51. The first kappa shape index (κ1) is 13.3. The lowest BCUT2D eigenvalue weighted by molar-refractivity contribution is 0.0523. The highest BCUT2D eigenvalue weighted by molar-refractivity contribution is 6.30. The average Bonchev–Trinajstić information content (AvgIpc) is 2.26. The Labute approximate surface area is 99.1 Å². The Morgan fingerprint density at radius 2 is 2.06 bits per heavy atom. The summed E-state index contributed by atoms with van der Waals surface area (Å²) >= 11 is 5.79. The van der Waals surface area contributed by atoms with Crippen LogP contribution in [0.1, 0.15) is 18.6 Å². The molecule has 0 spiro atoms. The van der Waals surface area contributed by atoms with Crippen molar-refractivity contribution in [1.82, 2.24) is 0 Å². The molecular weight excluding hydrogens is 232 g/mol. The molecule has 0 aromatic heterocycles. The molecule has 1 aromatic carbocycles. The number of benzene rings is 1. The van der Waals surface area contributed by atoms with Gasteiger partial charge in [0.05, 0.1) is 12.7 Å². The van der Waals surface area contributed by atoms with Gasteiger partial charge in [-0.2, -0.15) is 0 Å². The lowest BCUT2D eigenvalue weighted by Crippen LogP contribution is -2.21. The largest absolute Gasteiger partial charge is 0.490 e. The summed E-state index contributed by atoms with van der Waals surface area (Å²) in [7, 11) is 0. The fraction of sp³-hybridized carbons (Fsp3) is 0.455. The third kappa shape index (κ3) is 3.64. The number of hydrogen-bond acceptors (Lipinski definition) is 4. The molecule has 1 unspecified atom stereocenters. The van der Waals surface area contributed by atoms with Crippen molar-refractivity contribution < 1.29 is 20.1 Å². The van der Waals surface area contributed by atoms with Gasteiger partial charge in [0.15, 0.2) is 0 Å². The van der Waals surface area contributed by atoms with Gasteiger partial charge in [-0.05, 0) is 25.1 Å². The molecule has 0 radical (unpaired) electrons. The van der Waals surface area contributed by atoms with E-state index in [4.69, 9.17) is 26.6 Å². The van der Waals surface area contributed by atoms with Gasteiger partial charge in [0.1, 0.15) is 18.5 Å². The van der Waals surface area contributed by atoms with Crippen LogP contribution in [0.5, 0.6) is 5.75 Å². The standard InChI is InChI=1S/C11H15ClO4/c1-7(14)10-4-8(12)2-3-11(10)16-6-9(15)5-13/h2-4,7,9,13-15H,5-6H2,1H3/t7-,9?/m0/s1. The molecule has 0 aliphatic carbocycles. The van der Waals surface area contributed by atoms with Crippen LogP contribution in [-0.2, 0) is 0 Å². The van der Waals surface area contributed by atoms with Crippen molar-refractivity contribution in [2.24, 2.45) is 0 Å². The van der Waals surface area contributed by atoms with Gasteiger partial charge < -0.3 is 20.1 Å². The molecule has 2 atom stereocenters. The van der Waals surface area contributed by atoms with Crippen LogP contribution < -0.4 is 4.74 Å². The van der Waals surface area contributed by atoms with E-state index >= 15 is 0 Å². The highest BCUT2D eigenvalue weighted by Crippen LogP contribution is 2.28. The fourth-order valence-corrected chi connectivity index (χ4v) is 1.40. The zero-order valence-corrected chi connectivity index (χ0v) is 9.68. The second kappa shape index (κ2) is 6.06. The first-order valence-corrected chi connectivity index (χ1v) is 5.31. The van der Waals surface area contributed by atoms with Gasteiger partial charge in [-0.15, -0.1) is 0 Å². The van der Waals surface area contributed by atoms with E-state index in [2.05, 4.69) is 0 Å². The van der Waals surface area contributed by atoms with Gasteiger partial charge >= 0.3 is 0 Å². The first-order chi connectivity index (χ1) is 7.54. The molecule has 4 nitrogen and oxygen atoms in total.